The number of hydrogen-bond acceptors (Lipinski definition) is 3. The van der Waals surface area contributed by atoms with E-state index in [2.05, 4.69) is 10.1 Å². The number of esters is 1. The van der Waals surface area contributed by atoms with Crippen molar-refractivity contribution >= 4 is 23.6 Å². The minimum atomic E-state index is -0.853. The topological polar surface area (TPSA) is 55.4 Å². The van der Waals surface area contributed by atoms with Gasteiger partial charge in [-0.15, -0.1) is 0 Å². The number of hydrogen-bond donors (Lipinski definition) is 1. The number of methoxy groups -OCH3 is 1. The van der Waals surface area contributed by atoms with Crippen LogP contribution in [0.2, 0.25) is 0 Å². The number of amides is 1. The summed E-state index contributed by atoms with van der Waals surface area (Å²) in [6.45, 7) is 0. The van der Waals surface area contributed by atoms with Crippen molar-refractivity contribution < 1.29 is 23.1 Å². The van der Waals surface area contributed by atoms with Gasteiger partial charge >= 0.3 is 5.97 Å². The van der Waals surface area contributed by atoms with E-state index in [1.54, 1.807) is 24.3 Å². The highest BCUT2D eigenvalue weighted by Crippen LogP contribution is 2.18. The summed E-state index contributed by atoms with van der Waals surface area (Å²) in [5, 5.41) is 2.14. The molecule has 0 bridgehead atoms. The molecule has 4 nitrogen and oxygen atoms in total. The fourth-order valence-electron chi connectivity index (χ4n) is 1.80. The zero-order chi connectivity index (χ0) is 16.8. The summed E-state index contributed by atoms with van der Waals surface area (Å²) in [5.41, 5.74) is 0.521. The number of para-hydroxylation sites is 1. The Kier molecular flexibility index (Phi) is 5.19. The van der Waals surface area contributed by atoms with E-state index in [0.717, 1.165) is 18.2 Å². The maximum absolute atomic E-state index is 13.4. The first-order chi connectivity index (χ1) is 11.0. The summed E-state index contributed by atoms with van der Waals surface area (Å²) in [5.74, 6) is -2.84. The Morgan fingerprint density at radius 3 is 2.22 bits per heavy atom. The predicted molar refractivity (Wildman–Crippen MR) is 81.8 cm³/mol. The van der Waals surface area contributed by atoms with Crippen LogP contribution >= 0.6 is 0 Å². The van der Waals surface area contributed by atoms with Gasteiger partial charge in [0.15, 0.2) is 0 Å². The van der Waals surface area contributed by atoms with Crippen molar-refractivity contribution in [2.75, 3.05) is 12.4 Å². The summed E-state index contributed by atoms with van der Waals surface area (Å²) >= 11 is 0. The second kappa shape index (κ2) is 7.31. The van der Waals surface area contributed by atoms with E-state index in [1.807, 2.05) is 0 Å². The van der Waals surface area contributed by atoms with Gasteiger partial charge in [-0.25, -0.2) is 13.6 Å². The lowest BCUT2D eigenvalue weighted by Crippen LogP contribution is -2.10. The number of halogens is 2. The van der Waals surface area contributed by atoms with E-state index in [0.29, 0.717) is 11.1 Å². The van der Waals surface area contributed by atoms with Crippen LogP contribution in [-0.2, 0) is 9.53 Å². The summed E-state index contributed by atoms with van der Waals surface area (Å²) in [6, 6.07) is 9.61. The van der Waals surface area contributed by atoms with E-state index in [4.69, 9.17) is 0 Å². The largest absolute Gasteiger partial charge is 0.465 e. The number of rotatable bonds is 4. The van der Waals surface area contributed by atoms with Crippen molar-refractivity contribution in [2.45, 2.75) is 0 Å². The van der Waals surface area contributed by atoms with Gasteiger partial charge < -0.3 is 10.1 Å². The molecule has 0 fully saturated rings. The Bertz CT molecular complexity index is 735. The van der Waals surface area contributed by atoms with Gasteiger partial charge in [-0.2, -0.15) is 0 Å². The van der Waals surface area contributed by atoms with Crippen molar-refractivity contribution in [3.05, 3.63) is 71.3 Å². The standard InChI is InChI=1S/C17H13F2NO3/c1-23-17(22)12-8-5-11(6-9-12)7-10-15(21)20-16-13(18)3-2-4-14(16)19/h2-10H,1H3,(H,20,21). The van der Waals surface area contributed by atoms with Gasteiger partial charge in [-0.1, -0.05) is 18.2 Å². The zero-order valence-corrected chi connectivity index (χ0v) is 12.2. The molecule has 0 radical (unpaired) electrons. The van der Waals surface area contributed by atoms with Crippen LogP contribution in [0.4, 0.5) is 14.5 Å². The van der Waals surface area contributed by atoms with Crippen LogP contribution in [0.5, 0.6) is 0 Å². The molecule has 0 saturated heterocycles. The lowest BCUT2D eigenvalue weighted by Gasteiger charge is -2.04. The minimum absolute atomic E-state index is 0.377. The molecule has 0 heterocycles. The third kappa shape index (κ3) is 4.23. The van der Waals surface area contributed by atoms with Crippen molar-refractivity contribution in [1.29, 1.82) is 0 Å². The Morgan fingerprint density at radius 2 is 1.65 bits per heavy atom. The molecule has 23 heavy (non-hydrogen) atoms. The number of anilines is 1. The van der Waals surface area contributed by atoms with E-state index in [-0.39, 0.29) is 0 Å². The van der Waals surface area contributed by atoms with Crippen LogP contribution in [0, 0.1) is 11.6 Å². The SMILES string of the molecule is COC(=O)c1ccc(C=CC(=O)Nc2c(F)cccc2F)cc1. The molecular formula is C17H13F2NO3. The lowest BCUT2D eigenvalue weighted by molar-refractivity contribution is -0.111. The maximum Gasteiger partial charge on any atom is 0.337 e. The molecule has 0 saturated carbocycles. The van der Waals surface area contributed by atoms with E-state index >= 15 is 0 Å². The highest BCUT2D eigenvalue weighted by atomic mass is 19.1. The maximum atomic E-state index is 13.4. The number of ether oxygens (including phenoxy) is 1. The Balaban J connectivity index is 2.05. The molecule has 0 aromatic heterocycles. The Morgan fingerprint density at radius 1 is 1.04 bits per heavy atom. The van der Waals surface area contributed by atoms with Gasteiger partial charge in [0.05, 0.1) is 12.7 Å². The summed E-state index contributed by atoms with van der Waals surface area (Å²) in [4.78, 5) is 23.0. The molecule has 0 spiro atoms. The highest BCUT2D eigenvalue weighted by molar-refractivity contribution is 6.02. The van der Waals surface area contributed by atoms with Crippen LogP contribution in [0.15, 0.2) is 48.5 Å². The van der Waals surface area contributed by atoms with Crippen molar-refractivity contribution in [3.8, 4) is 0 Å². The molecule has 2 rings (SSSR count). The van der Waals surface area contributed by atoms with Crippen LogP contribution < -0.4 is 5.32 Å². The van der Waals surface area contributed by atoms with Gasteiger partial charge in [0.1, 0.15) is 17.3 Å². The first-order valence-corrected chi connectivity index (χ1v) is 6.62. The molecule has 1 amide bonds. The van der Waals surface area contributed by atoms with E-state index in [9.17, 15) is 18.4 Å². The third-order valence-corrected chi connectivity index (χ3v) is 2.97. The lowest BCUT2D eigenvalue weighted by atomic mass is 10.1. The third-order valence-electron chi connectivity index (χ3n) is 2.97. The minimum Gasteiger partial charge on any atom is -0.465 e. The quantitative estimate of drug-likeness (QED) is 0.694. The van der Waals surface area contributed by atoms with Crippen molar-refractivity contribution in [1.82, 2.24) is 0 Å². The molecule has 0 aliphatic heterocycles. The van der Waals surface area contributed by atoms with Crippen molar-refractivity contribution in [2.24, 2.45) is 0 Å². The smallest absolute Gasteiger partial charge is 0.337 e. The van der Waals surface area contributed by atoms with Crippen LogP contribution in [0.1, 0.15) is 15.9 Å². The van der Waals surface area contributed by atoms with Gasteiger partial charge in [-0.05, 0) is 35.9 Å². The summed E-state index contributed by atoms with van der Waals surface area (Å²) < 4.78 is 31.4. The molecule has 2 aromatic rings. The normalized spacial score (nSPS) is 10.6. The van der Waals surface area contributed by atoms with Crippen molar-refractivity contribution in [3.63, 3.8) is 0 Å². The molecule has 0 unspecified atom stereocenters. The molecule has 0 atom stereocenters. The average Bonchev–Trinajstić information content (AvgIpc) is 2.56. The first kappa shape index (κ1) is 16.4. The fraction of sp³-hybridized carbons (Fsp3) is 0.0588. The molecule has 0 aliphatic carbocycles. The molecule has 1 N–H and O–H groups in total. The van der Waals surface area contributed by atoms with E-state index < -0.39 is 29.2 Å². The fourth-order valence-corrected chi connectivity index (χ4v) is 1.80. The van der Waals surface area contributed by atoms with Gasteiger partial charge in [-0.3, -0.25) is 4.79 Å². The zero-order valence-electron chi connectivity index (χ0n) is 12.2. The van der Waals surface area contributed by atoms with E-state index in [1.165, 1.54) is 19.3 Å². The van der Waals surface area contributed by atoms with Gasteiger partial charge in [0.2, 0.25) is 5.91 Å². The summed E-state index contributed by atoms with van der Waals surface area (Å²) in [6.07, 6.45) is 2.59. The van der Waals surface area contributed by atoms with Gasteiger partial charge in [0, 0.05) is 6.08 Å². The number of carbonyl (C=O) groups is 2. The molecule has 6 heteroatoms. The molecule has 2 aromatic carbocycles. The number of nitrogens with one attached hydrogen (secondary N) is 1. The molecule has 118 valence electrons. The Labute approximate surface area is 131 Å². The van der Waals surface area contributed by atoms with Crippen LogP contribution in [-0.4, -0.2) is 19.0 Å². The monoisotopic (exact) mass is 317 g/mol. The molecule has 0 aliphatic rings. The Hall–Kier alpha value is -3.02. The predicted octanol–water partition coefficient (Wildman–Crippen LogP) is 3.40. The summed E-state index contributed by atoms with van der Waals surface area (Å²) in [7, 11) is 1.28. The molecular weight excluding hydrogens is 304 g/mol. The average molecular weight is 317 g/mol. The number of carbonyl (C=O) groups excluding carboxylic acids is 2. The second-order valence-corrected chi connectivity index (χ2v) is 4.53. The highest BCUT2D eigenvalue weighted by Gasteiger charge is 2.10. The first-order valence-electron chi connectivity index (χ1n) is 6.62. The van der Waals surface area contributed by atoms with Crippen LogP contribution in [0.25, 0.3) is 6.08 Å². The second-order valence-electron chi connectivity index (χ2n) is 4.53. The van der Waals surface area contributed by atoms with Gasteiger partial charge in [0.25, 0.3) is 0 Å². The number of benzene rings is 2. The van der Waals surface area contributed by atoms with Crippen LogP contribution in [0.3, 0.4) is 0 Å².